The molecule has 0 aliphatic rings. The number of halogens is 2. The zero-order chi connectivity index (χ0) is 13.8. The molecule has 0 saturated carbocycles. The van der Waals surface area contributed by atoms with Crippen LogP contribution in [0.3, 0.4) is 0 Å². The second-order valence-corrected chi connectivity index (χ2v) is 4.90. The van der Waals surface area contributed by atoms with E-state index < -0.39 is 11.6 Å². The van der Waals surface area contributed by atoms with Gasteiger partial charge in [-0.2, -0.15) is 5.10 Å². The van der Waals surface area contributed by atoms with E-state index in [4.69, 9.17) is 0 Å². The molecule has 5 heteroatoms. The van der Waals surface area contributed by atoms with Crippen molar-refractivity contribution in [1.82, 2.24) is 15.5 Å². The Bertz CT molecular complexity index is 549. The molecule has 0 aliphatic heterocycles. The molecule has 2 N–H and O–H groups in total. The first kappa shape index (κ1) is 13.7. The van der Waals surface area contributed by atoms with Crippen molar-refractivity contribution >= 4 is 0 Å². The van der Waals surface area contributed by atoms with Crippen LogP contribution in [0.15, 0.2) is 24.4 Å². The first-order valence-corrected chi connectivity index (χ1v) is 6.27. The minimum absolute atomic E-state index is 0.207. The predicted octanol–water partition coefficient (Wildman–Crippen LogP) is 3.10. The van der Waals surface area contributed by atoms with E-state index in [-0.39, 0.29) is 5.56 Å². The van der Waals surface area contributed by atoms with E-state index >= 15 is 0 Å². The van der Waals surface area contributed by atoms with Crippen molar-refractivity contribution < 1.29 is 8.78 Å². The Morgan fingerprint density at radius 1 is 1.32 bits per heavy atom. The standard InChI is InChI=1S/C14H17F2N3/c1-9(2)6-17-7-10-8-18-19-14(10)11-4-3-5-12(15)13(11)16/h3-5,8-9,17H,6-7H2,1-2H3,(H,18,19). The summed E-state index contributed by atoms with van der Waals surface area (Å²) < 4.78 is 27.0. The van der Waals surface area contributed by atoms with Crippen molar-refractivity contribution in [1.29, 1.82) is 0 Å². The Morgan fingerprint density at radius 3 is 2.84 bits per heavy atom. The highest BCUT2D eigenvalue weighted by Gasteiger charge is 2.14. The molecule has 2 aromatic rings. The molecule has 1 aromatic heterocycles. The quantitative estimate of drug-likeness (QED) is 0.872. The maximum absolute atomic E-state index is 13.8. The van der Waals surface area contributed by atoms with Gasteiger partial charge in [-0.25, -0.2) is 8.78 Å². The third-order valence-corrected chi connectivity index (χ3v) is 2.81. The van der Waals surface area contributed by atoms with Crippen molar-refractivity contribution in [2.75, 3.05) is 6.54 Å². The fourth-order valence-electron chi connectivity index (χ4n) is 1.87. The SMILES string of the molecule is CC(C)CNCc1cn[nH]c1-c1cccc(F)c1F. The van der Waals surface area contributed by atoms with E-state index in [1.165, 1.54) is 12.1 Å². The number of aromatic amines is 1. The zero-order valence-corrected chi connectivity index (χ0v) is 11.0. The topological polar surface area (TPSA) is 40.7 Å². The fourth-order valence-corrected chi connectivity index (χ4v) is 1.87. The van der Waals surface area contributed by atoms with Crippen molar-refractivity contribution in [3.05, 3.63) is 41.6 Å². The number of aromatic nitrogens is 2. The molecule has 0 radical (unpaired) electrons. The lowest BCUT2D eigenvalue weighted by atomic mass is 10.1. The highest BCUT2D eigenvalue weighted by molar-refractivity contribution is 5.63. The van der Waals surface area contributed by atoms with Crippen LogP contribution < -0.4 is 5.32 Å². The normalized spacial score (nSPS) is 11.2. The van der Waals surface area contributed by atoms with Crippen LogP contribution in [-0.2, 0) is 6.54 Å². The molecule has 2 rings (SSSR count). The third-order valence-electron chi connectivity index (χ3n) is 2.81. The lowest BCUT2D eigenvalue weighted by Gasteiger charge is -2.08. The maximum Gasteiger partial charge on any atom is 0.168 e. The Balaban J connectivity index is 2.21. The average Bonchev–Trinajstić information content (AvgIpc) is 2.80. The average molecular weight is 265 g/mol. The van der Waals surface area contributed by atoms with Crippen molar-refractivity contribution in [3.63, 3.8) is 0 Å². The van der Waals surface area contributed by atoms with Crippen LogP contribution >= 0.6 is 0 Å². The second-order valence-electron chi connectivity index (χ2n) is 4.90. The van der Waals surface area contributed by atoms with E-state index in [1.807, 2.05) is 0 Å². The second kappa shape index (κ2) is 5.93. The summed E-state index contributed by atoms with van der Waals surface area (Å²) in [6.45, 7) is 5.64. The molecular weight excluding hydrogens is 248 g/mol. The smallest absolute Gasteiger partial charge is 0.168 e. The molecule has 102 valence electrons. The number of rotatable bonds is 5. The van der Waals surface area contributed by atoms with Gasteiger partial charge in [0.2, 0.25) is 0 Å². The summed E-state index contributed by atoms with van der Waals surface area (Å²) in [6.07, 6.45) is 1.63. The molecule has 0 fully saturated rings. The Hall–Kier alpha value is -1.75. The lowest BCUT2D eigenvalue weighted by Crippen LogP contribution is -2.19. The van der Waals surface area contributed by atoms with E-state index in [0.717, 1.165) is 18.2 Å². The number of hydrogen-bond acceptors (Lipinski definition) is 2. The molecule has 0 saturated heterocycles. The van der Waals surface area contributed by atoms with Crippen molar-refractivity contribution in [2.24, 2.45) is 5.92 Å². The van der Waals surface area contributed by atoms with Crippen molar-refractivity contribution in [3.8, 4) is 11.3 Å². The Morgan fingerprint density at radius 2 is 2.11 bits per heavy atom. The minimum atomic E-state index is -0.854. The third kappa shape index (κ3) is 3.17. The van der Waals surface area contributed by atoms with Crippen LogP contribution in [0, 0.1) is 17.6 Å². The molecule has 0 spiro atoms. The van der Waals surface area contributed by atoms with Crippen LogP contribution in [0.4, 0.5) is 8.78 Å². The Labute approximate surface area is 111 Å². The number of nitrogens with zero attached hydrogens (tertiary/aromatic N) is 1. The van der Waals surface area contributed by atoms with E-state index in [9.17, 15) is 8.78 Å². The molecule has 1 aromatic carbocycles. The van der Waals surface area contributed by atoms with Gasteiger partial charge in [0.05, 0.1) is 11.9 Å². The molecule has 0 atom stereocenters. The summed E-state index contributed by atoms with van der Waals surface area (Å²) in [5.41, 5.74) is 1.55. The van der Waals surface area contributed by atoms with Gasteiger partial charge < -0.3 is 5.32 Å². The van der Waals surface area contributed by atoms with Gasteiger partial charge >= 0.3 is 0 Å². The van der Waals surface area contributed by atoms with Gasteiger partial charge in [0.25, 0.3) is 0 Å². The number of nitrogens with one attached hydrogen (secondary N) is 2. The molecule has 3 nitrogen and oxygen atoms in total. The van der Waals surface area contributed by atoms with Crippen LogP contribution in [0.1, 0.15) is 19.4 Å². The molecular formula is C14H17F2N3. The summed E-state index contributed by atoms with van der Waals surface area (Å²) in [7, 11) is 0. The first-order chi connectivity index (χ1) is 9.09. The van der Waals surface area contributed by atoms with Gasteiger partial charge in [-0.3, -0.25) is 5.10 Å². The number of benzene rings is 1. The summed E-state index contributed by atoms with van der Waals surface area (Å²) in [5, 5.41) is 9.90. The van der Waals surface area contributed by atoms with Crippen LogP contribution in [-0.4, -0.2) is 16.7 Å². The van der Waals surface area contributed by atoms with Crippen molar-refractivity contribution in [2.45, 2.75) is 20.4 Å². The highest BCUT2D eigenvalue weighted by Crippen LogP contribution is 2.25. The number of H-pyrrole nitrogens is 1. The maximum atomic E-state index is 13.8. The first-order valence-electron chi connectivity index (χ1n) is 6.27. The molecule has 0 unspecified atom stereocenters. The van der Waals surface area contributed by atoms with Gasteiger partial charge in [-0.05, 0) is 24.6 Å². The Kier molecular flexibility index (Phi) is 4.27. The number of hydrogen-bond donors (Lipinski definition) is 2. The van der Waals surface area contributed by atoms with Gasteiger partial charge in [-0.15, -0.1) is 0 Å². The highest BCUT2D eigenvalue weighted by atomic mass is 19.2. The summed E-state index contributed by atoms with van der Waals surface area (Å²) in [4.78, 5) is 0. The summed E-state index contributed by atoms with van der Waals surface area (Å²) >= 11 is 0. The van der Waals surface area contributed by atoms with Gasteiger partial charge in [-0.1, -0.05) is 19.9 Å². The monoisotopic (exact) mass is 265 g/mol. The van der Waals surface area contributed by atoms with Gasteiger partial charge in [0, 0.05) is 17.7 Å². The zero-order valence-electron chi connectivity index (χ0n) is 11.0. The van der Waals surface area contributed by atoms with E-state index in [1.54, 1.807) is 6.20 Å². The minimum Gasteiger partial charge on any atom is -0.312 e. The van der Waals surface area contributed by atoms with E-state index in [2.05, 4.69) is 29.4 Å². The van der Waals surface area contributed by atoms with Crippen LogP contribution in [0.25, 0.3) is 11.3 Å². The molecule has 0 amide bonds. The van der Waals surface area contributed by atoms with Gasteiger partial charge in [0.15, 0.2) is 11.6 Å². The lowest BCUT2D eigenvalue weighted by molar-refractivity contribution is 0.510. The molecule has 0 bridgehead atoms. The largest absolute Gasteiger partial charge is 0.312 e. The van der Waals surface area contributed by atoms with E-state index in [0.29, 0.717) is 18.2 Å². The summed E-state index contributed by atoms with van der Waals surface area (Å²) in [5.74, 6) is -1.17. The predicted molar refractivity (Wildman–Crippen MR) is 70.5 cm³/mol. The van der Waals surface area contributed by atoms with Crippen LogP contribution in [0.2, 0.25) is 0 Å². The van der Waals surface area contributed by atoms with Crippen LogP contribution in [0.5, 0.6) is 0 Å². The summed E-state index contributed by atoms with van der Waals surface area (Å²) in [6, 6.07) is 4.13. The molecule has 0 aliphatic carbocycles. The fraction of sp³-hybridized carbons (Fsp3) is 0.357. The van der Waals surface area contributed by atoms with Gasteiger partial charge in [0.1, 0.15) is 0 Å². The molecule has 19 heavy (non-hydrogen) atoms. The molecule has 1 heterocycles.